The van der Waals surface area contributed by atoms with Gasteiger partial charge in [0.2, 0.25) is 0 Å². The highest BCUT2D eigenvalue weighted by molar-refractivity contribution is 7.92. The number of rotatable bonds is 5. The number of nitrogens with zero attached hydrogens (tertiary/aromatic N) is 5. The van der Waals surface area contributed by atoms with Crippen LogP contribution in [0.2, 0.25) is 0 Å². The Morgan fingerprint density at radius 2 is 1.83 bits per heavy atom. The summed E-state index contributed by atoms with van der Waals surface area (Å²) >= 11 is 0. The number of para-hydroxylation sites is 1. The number of hydrogen-bond donors (Lipinski definition) is 0. The van der Waals surface area contributed by atoms with E-state index in [4.69, 9.17) is 0 Å². The van der Waals surface area contributed by atoms with Crippen LogP contribution in [0.5, 0.6) is 0 Å². The largest absolute Gasteiger partial charge is 0.274 e. The zero-order chi connectivity index (χ0) is 17.3. The van der Waals surface area contributed by atoms with Crippen molar-refractivity contribution in [2.45, 2.75) is 18.4 Å². The van der Waals surface area contributed by atoms with Gasteiger partial charge in [0.05, 0.1) is 23.6 Å². The predicted molar refractivity (Wildman–Crippen MR) is 91.0 cm³/mol. The molecule has 2 aromatic heterocycles. The molecule has 2 heterocycles. The van der Waals surface area contributed by atoms with Crippen molar-refractivity contribution in [3.05, 3.63) is 60.2 Å². The van der Waals surface area contributed by atoms with Gasteiger partial charge in [-0.2, -0.15) is 10.2 Å². The summed E-state index contributed by atoms with van der Waals surface area (Å²) in [5.41, 5.74) is 1.87. The van der Waals surface area contributed by atoms with Crippen LogP contribution in [-0.2, 0) is 30.7 Å². The molecule has 0 bridgehead atoms. The highest BCUT2D eigenvalue weighted by atomic mass is 32.2. The summed E-state index contributed by atoms with van der Waals surface area (Å²) in [6.07, 6.45) is 3.18. The molecular weight excluding hydrogens is 326 g/mol. The van der Waals surface area contributed by atoms with Gasteiger partial charge in [-0.3, -0.25) is 13.7 Å². The molecule has 1 aromatic carbocycles. The third kappa shape index (κ3) is 2.92. The van der Waals surface area contributed by atoms with Crippen LogP contribution < -0.4 is 4.31 Å². The molecule has 0 amide bonds. The fourth-order valence-corrected chi connectivity index (χ4v) is 4.20. The maximum Gasteiger partial charge on any atom is 0.268 e. The lowest BCUT2D eigenvalue weighted by molar-refractivity contribution is 0.587. The molecule has 0 spiro atoms. The Kier molecular flexibility index (Phi) is 4.15. The topological polar surface area (TPSA) is 73.0 Å². The van der Waals surface area contributed by atoms with E-state index < -0.39 is 10.0 Å². The smallest absolute Gasteiger partial charge is 0.268 e. The summed E-state index contributed by atoms with van der Waals surface area (Å²) in [5, 5.41) is 8.28. The molecule has 7 nitrogen and oxygen atoms in total. The molecule has 3 aromatic rings. The first-order valence-corrected chi connectivity index (χ1v) is 8.88. The van der Waals surface area contributed by atoms with E-state index in [1.165, 1.54) is 15.2 Å². The second-order valence-corrected chi connectivity index (χ2v) is 7.38. The standard InChI is InChI=1S/C16H19N5O2S/c1-13-16(12-19(2)18-13)24(22,23)21(14-7-5-4-6-8-14)11-15-9-10-17-20(15)3/h4-10,12H,11H2,1-3H3. The number of aryl methyl sites for hydroxylation is 3. The van der Waals surface area contributed by atoms with Crippen molar-refractivity contribution in [1.82, 2.24) is 19.6 Å². The van der Waals surface area contributed by atoms with Gasteiger partial charge in [0.25, 0.3) is 10.0 Å². The van der Waals surface area contributed by atoms with Crippen molar-refractivity contribution in [1.29, 1.82) is 0 Å². The van der Waals surface area contributed by atoms with Gasteiger partial charge in [0.15, 0.2) is 0 Å². The second-order valence-electron chi connectivity index (χ2n) is 5.55. The molecule has 0 aliphatic heterocycles. The minimum Gasteiger partial charge on any atom is -0.274 e. The molecule has 126 valence electrons. The fraction of sp³-hybridized carbons (Fsp3) is 0.250. The first kappa shape index (κ1) is 16.3. The SMILES string of the molecule is Cc1nn(C)cc1S(=O)(=O)N(Cc1ccnn1C)c1ccccc1. The Morgan fingerprint density at radius 3 is 2.38 bits per heavy atom. The van der Waals surface area contributed by atoms with Gasteiger partial charge in [-0.15, -0.1) is 0 Å². The Morgan fingerprint density at radius 1 is 1.12 bits per heavy atom. The lowest BCUT2D eigenvalue weighted by Crippen LogP contribution is -2.31. The third-order valence-electron chi connectivity index (χ3n) is 3.81. The van der Waals surface area contributed by atoms with Crippen LogP contribution in [0.3, 0.4) is 0 Å². The molecular formula is C16H19N5O2S. The summed E-state index contributed by atoms with van der Waals surface area (Å²) in [7, 11) is -0.247. The predicted octanol–water partition coefficient (Wildman–Crippen LogP) is 1.86. The molecule has 0 atom stereocenters. The monoisotopic (exact) mass is 345 g/mol. The summed E-state index contributed by atoms with van der Waals surface area (Å²) in [6, 6.07) is 10.9. The van der Waals surface area contributed by atoms with Gasteiger partial charge < -0.3 is 0 Å². The second kappa shape index (κ2) is 6.12. The van der Waals surface area contributed by atoms with Crippen molar-refractivity contribution < 1.29 is 8.42 Å². The summed E-state index contributed by atoms with van der Waals surface area (Å²) < 4.78 is 31.1. The van der Waals surface area contributed by atoms with Gasteiger partial charge in [-0.05, 0) is 25.1 Å². The van der Waals surface area contributed by atoms with Crippen LogP contribution in [0, 0.1) is 6.92 Å². The normalized spacial score (nSPS) is 11.6. The van der Waals surface area contributed by atoms with E-state index in [9.17, 15) is 8.42 Å². The van der Waals surface area contributed by atoms with Crippen molar-refractivity contribution in [2.75, 3.05) is 4.31 Å². The first-order valence-electron chi connectivity index (χ1n) is 7.44. The van der Waals surface area contributed by atoms with E-state index in [0.717, 1.165) is 5.69 Å². The lowest BCUT2D eigenvalue weighted by atomic mass is 10.3. The number of sulfonamides is 1. The van der Waals surface area contributed by atoms with E-state index in [-0.39, 0.29) is 11.4 Å². The summed E-state index contributed by atoms with van der Waals surface area (Å²) in [6.45, 7) is 1.89. The molecule has 0 aliphatic carbocycles. The molecule has 0 unspecified atom stereocenters. The minimum atomic E-state index is -3.75. The molecule has 24 heavy (non-hydrogen) atoms. The van der Waals surface area contributed by atoms with Crippen LogP contribution >= 0.6 is 0 Å². The van der Waals surface area contributed by atoms with Gasteiger partial charge in [-0.25, -0.2) is 8.42 Å². The van der Waals surface area contributed by atoms with Crippen molar-refractivity contribution in [2.24, 2.45) is 14.1 Å². The quantitative estimate of drug-likeness (QED) is 0.707. The van der Waals surface area contributed by atoms with Crippen molar-refractivity contribution >= 4 is 15.7 Å². The molecule has 0 saturated heterocycles. The average Bonchev–Trinajstić information content (AvgIpc) is 3.11. The van der Waals surface area contributed by atoms with E-state index in [1.54, 1.807) is 44.0 Å². The van der Waals surface area contributed by atoms with E-state index in [1.807, 2.05) is 24.3 Å². The van der Waals surface area contributed by atoms with Crippen LogP contribution in [0.15, 0.2) is 53.7 Å². The number of anilines is 1. The van der Waals surface area contributed by atoms with Crippen molar-refractivity contribution in [3.8, 4) is 0 Å². The number of benzene rings is 1. The van der Waals surface area contributed by atoms with E-state index in [2.05, 4.69) is 10.2 Å². The molecule has 0 radical (unpaired) electrons. The zero-order valence-electron chi connectivity index (χ0n) is 13.8. The molecule has 0 N–H and O–H groups in total. The van der Waals surface area contributed by atoms with E-state index in [0.29, 0.717) is 11.4 Å². The third-order valence-corrected chi connectivity index (χ3v) is 5.69. The van der Waals surface area contributed by atoms with Crippen LogP contribution in [-0.4, -0.2) is 28.0 Å². The minimum absolute atomic E-state index is 0.192. The Labute approximate surface area is 141 Å². The Hall–Kier alpha value is -2.61. The summed E-state index contributed by atoms with van der Waals surface area (Å²) in [4.78, 5) is 0.205. The molecule has 0 saturated carbocycles. The fourth-order valence-electron chi connectivity index (χ4n) is 2.56. The first-order chi connectivity index (χ1) is 11.4. The Bertz CT molecular complexity index is 944. The maximum absolute atomic E-state index is 13.2. The highest BCUT2D eigenvalue weighted by Crippen LogP contribution is 2.26. The van der Waals surface area contributed by atoms with Gasteiger partial charge in [-0.1, -0.05) is 18.2 Å². The van der Waals surface area contributed by atoms with Crippen LogP contribution in [0.25, 0.3) is 0 Å². The van der Waals surface area contributed by atoms with Crippen LogP contribution in [0.4, 0.5) is 5.69 Å². The average molecular weight is 345 g/mol. The van der Waals surface area contributed by atoms with E-state index >= 15 is 0 Å². The number of aromatic nitrogens is 4. The van der Waals surface area contributed by atoms with Gasteiger partial charge in [0, 0.05) is 26.5 Å². The Balaban J connectivity index is 2.11. The van der Waals surface area contributed by atoms with Gasteiger partial charge >= 0.3 is 0 Å². The molecule has 3 rings (SSSR count). The maximum atomic E-state index is 13.2. The number of hydrogen-bond acceptors (Lipinski definition) is 4. The van der Waals surface area contributed by atoms with Gasteiger partial charge in [0.1, 0.15) is 4.90 Å². The molecule has 0 fully saturated rings. The van der Waals surface area contributed by atoms with Crippen LogP contribution in [0.1, 0.15) is 11.4 Å². The summed E-state index contributed by atoms with van der Waals surface area (Å²) in [5.74, 6) is 0. The van der Waals surface area contributed by atoms with Crippen molar-refractivity contribution in [3.63, 3.8) is 0 Å². The zero-order valence-corrected chi connectivity index (χ0v) is 14.6. The lowest BCUT2D eigenvalue weighted by Gasteiger charge is -2.24. The molecule has 8 heteroatoms. The molecule has 0 aliphatic rings. The highest BCUT2D eigenvalue weighted by Gasteiger charge is 2.29.